The monoisotopic (exact) mass is 764 g/mol. The summed E-state index contributed by atoms with van der Waals surface area (Å²) in [4.78, 5) is 20.8. The predicted molar refractivity (Wildman–Crippen MR) is 117 cm³/mol. The number of nitro groups is 2. The predicted octanol–water partition coefficient (Wildman–Crippen LogP) is 5.71. The van der Waals surface area contributed by atoms with Gasteiger partial charge in [0.1, 0.15) is 0 Å². The fourth-order valence-corrected chi connectivity index (χ4v) is 5.51. The van der Waals surface area contributed by atoms with Gasteiger partial charge in [-0.3, -0.25) is 20.2 Å². The summed E-state index contributed by atoms with van der Waals surface area (Å²) in [6, 6.07) is 5.68. The lowest BCUT2D eigenvalue weighted by Gasteiger charge is -2.13. The highest BCUT2D eigenvalue weighted by Gasteiger charge is 2.20. The molecule has 0 aliphatic carbocycles. The van der Waals surface area contributed by atoms with E-state index in [-0.39, 0.29) is 11.4 Å². The third-order valence-electron chi connectivity index (χ3n) is 2.59. The van der Waals surface area contributed by atoms with Crippen molar-refractivity contribution in [2.24, 2.45) is 0 Å². The van der Waals surface area contributed by atoms with Gasteiger partial charge in [-0.05, 0) is 90.4 Å². The summed E-state index contributed by atoms with van der Waals surface area (Å²) in [6.07, 6.45) is 0. The van der Waals surface area contributed by atoms with E-state index in [9.17, 15) is 20.2 Å². The van der Waals surface area contributed by atoms with Crippen molar-refractivity contribution in [1.29, 1.82) is 0 Å². The zero-order valence-electron chi connectivity index (χ0n) is 10.8. The topological polar surface area (TPSA) is 95.5 Å². The van der Waals surface area contributed by atoms with Gasteiger partial charge in [-0.2, -0.15) is 0 Å². The third kappa shape index (κ3) is 4.53. The SMILES string of the molecule is O=[N+]([O-])c1cc(I)c(Oc2c(I)cc([N+](=O)[O-])cc2I)c(I)c1. The minimum atomic E-state index is -0.465. The Labute approximate surface area is 184 Å². The van der Waals surface area contributed by atoms with E-state index in [2.05, 4.69) is 0 Å². The van der Waals surface area contributed by atoms with Gasteiger partial charge in [-0.15, -0.1) is 0 Å². The number of nitro benzene ring substituents is 2. The highest BCUT2D eigenvalue weighted by Crippen LogP contribution is 2.39. The molecular formula is C12H4I4N2O5. The molecular weight excluding hydrogens is 760 g/mol. The number of rotatable bonds is 4. The van der Waals surface area contributed by atoms with Crippen LogP contribution < -0.4 is 4.74 Å². The van der Waals surface area contributed by atoms with E-state index >= 15 is 0 Å². The summed E-state index contributed by atoms with van der Waals surface area (Å²) >= 11 is 7.86. The van der Waals surface area contributed by atoms with E-state index in [0.29, 0.717) is 25.8 Å². The van der Waals surface area contributed by atoms with Crippen molar-refractivity contribution < 1.29 is 14.6 Å². The molecule has 2 aromatic rings. The zero-order chi connectivity index (χ0) is 17.3. The molecule has 0 N–H and O–H groups in total. The van der Waals surface area contributed by atoms with E-state index in [1.807, 2.05) is 90.4 Å². The van der Waals surface area contributed by atoms with Crippen LogP contribution in [0.15, 0.2) is 24.3 Å². The Kier molecular flexibility index (Phi) is 6.62. The van der Waals surface area contributed by atoms with Gasteiger partial charge in [0.25, 0.3) is 11.4 Å². The van der Waals surface area contributed by atoms with Crippen LogP contribution >= 0.6 is 90.4 Å². The Hall–Kier alpha value is -0.0400. The van der Waals surface area contributed by atoms with Crippen molar-refractivity contribution in [2.45, 2.75) is 0 Å². The lowest BCUT2D eigenvalue weighted by Crippen LogP contribution is -1.99. The van der Waals surface area contributed by atoms with Gasteiger partial charge in [0, 0.05) is 24.3 Å². The summed E-state index contributed by atoms with van der Waals surface area (Å²) in [5.41, 5.74) is -0.0292. The van der Waals surface area contributed by atoms with Crippen molar-refractivity contribution in [1.82, 2.24) is 0 Å². The number of ether oxygens (including phenoxy) is 1. The van der Waals surface area contributed by atoms with Crippen molar-refractivity contribution >= 4 is 102 Å². The molecule has 0 atom stereocenters. The molecule has 0 aromatic heterocycles. The summed E-state index contributed by atoms with van der Waals surface area (Å²) < 4.78 is 8.25. The second kappa shape index (κ2) is 7.89. The first-order valence-electron chi connectivity index (χ1n) is 5.65. The van der Waals surface area contributed by atoms with Crippen LogP contribution in [0.25, 0.3) is 0 Å². The molecule has 0 saturated carbocycles. The average Bonchev–Trinajstić information content (AvgIpc) is 2.44. The fourth-order valence-electron chi connectivity index (χ4n) is 1.60. The Morgan fingerprint density at radius 1 is 0.696 bits per heavy atom. The van der Waals surface area contributed by atoms with Crippen LogP contribution in [0.2, 0.25) is 0 Å². The molecule has 120 valence electrons. The Balaban J connectivity index is 2.48. The summed E-state index contributed by atoms with van der Waals surface area (Å²) in [5, 5.41) is 21.8. The molecule has 0 spiro atoms. The van der Waals surface area contributed by atoms with E-state index in [4.69, 9.17) is 4.74 Å². The summed E-state index contributed by atoms with van der Waals surface area (Å²) in [7, 11) is 0. The minimum absolute atomic E-state index is 0.0146. The van der Waals surface area contributed by atoms with Gasteiger partial charge in [0.05, 0.1) is 24.1 Å². The van der Waals surface area contributed by atoms with Crippen molar-refractivity contribution in [3.63, 3.8) is 0 Å². The lowest BCUT2D eigenvalue weighted by atomic mass is 10.3. The fraction of sp³-hybridized carbons (Fsp3) is 0. The highest BCUT2D eigenvalue weighted by molar-refractivity contribution is 14.1. The molecule has 2 rings (SSSR count). The van der Waals surface area contributed by atoms with Gasteiger partial charge < -0.3 is 4.74 Å². The number of halogens is 4. The lowest BCUT2D eigenvalue weighted by molar-refractivity contribution is -0.385. The zero-order valence-corrected chi connectivity index (χ0v) is 19.4. The van der Waals surface area contributed by atoms with Gasteiger partial charge in [-0.25, -0.2) is 0 Å². The quantitative estimate of drug-likeness (QED) is 0.226. The van der Waals surface area contributed by atoms with Crippen LogP contribution in [0.1, 0.15) is 0 Å². The third-order valence-corrected chi connectivity index (χ3v) is 5.80. The molecule has 2 aromatic carbocycles. The van der Waals surface area contributed by atoms with E-state index in [1.165, 1.54) is 24.3 Å². The van der Waals surface area contributed by atoms with Crippen LogP contribution in [-0.2, 0) is 0 Å². The van der Waals surface area contributed by atoms with Gasteiger partial charge >= 0.3 is 0 Å². The normalized spacial score (nSPS) is 10.4. The molecule has 11 heteroatoms. The maximum Gasteiger partial charge on any atom is 0.271 e. The van der Waals surface area contributed by atoms with Crippen LogP contribution in [0.4, 0.5) is 11.4 Å². The van der Waals surface area contributed by atoms with Crippen LogP contribution in [0.5, 0.6) is 11.5 Å². The molecule has 0 saturated heterocycles. The molecule has 0 fully saturated rings. The van der Waals surface area contributed by atoms with Gasteiger partial charge in [0.2, 0.25) is 0 Å². The molecule has 0 aliphatic rings. The number of hydrogen-bond acceptors (Lipinski definition) is 5. The van der Waals surface area contributed by atoms with E-state index in [0.717, 1.165) is 0 Å². The Morgan fingerprint density at radius 3 is 1.17 bits per heavy atom. The standard InChI is InChI=1S/C12H4I4N2O5/c13-7-1-5(17(19)20)2-8(14)11(7)23-12-9(15)3-6(18(21)22)4-10(12)16/h1-4H. The van der Waals surface area contributed by atoms with Crippen LogP contribution in [-0.4, -0.2) is 9.85 Å². The molecule has 7 nitrogen and oxygen atoms in total. The highest BCUT2D eigenvalue weighted by atomic mass is 127. The molecule has 0 aliphatic heterocycles. The Morgan fingerprint density at radius 2 is 0.957 bits per heavy atom. The maximum atomic E-state index is 10.9. The summed E-state index contributed by atoms with van der Waals surface area (Å²) in [6.45, 7) is 0. The number of non-ortho nitro benzene ring substituents is 2. The van der Waals surface area contributed by atoms with Crippen LogP contribution in [0.3, 0.4) is 0 Å². The second-order valence-corrected chi connectivity index (χ2v) is 8.74. The van der Waals surface area contributed by atoms with Crippen LogP contribution in [0, 0.1) is 34.5 Å². The number of hydrogen-bond donors (Lipinski definition) is 0. The molecule has 0 radical (unpaired) electrons. The number of benzene rings is 2. The molecule has 0 unspecified atom stereocenters. The van der Waals surface area contributed by atoms with Gasteiger partial charge in [-0.1, -0.05) is 0 Å². The van der Waals surface area contributed by atoms with Gasteiger partial charge in [0.15, 0.2) is 11.5 Å². The molecule has 0 bridgehead atoms. The number of nitrogens with zero attached hydrogens (tertiary/aromatic N) is 2. The molecule has 0 amide bonds. The average molecular weight is 764 g/mol. The first-order valence-corrected chi connectivity index (χ1v) is 9.97. The van der Waals surface area contributed by atoms with E-state index in [1.54, 1.807) is 0 Å². The first kappa shape index (κ1) is 19.3. The maximum absolute atomic E-state index is 10.9. The molecule has 0 heterocycles. The first-order chi connectivity index (χ1) is 10.7. The van der Waals surface area contributed by atoms with Crippen molar-refractivity contribution in [3.8, 4) is 11.5 Å². The molecule has 23 heavy (non-hydrogen) atoms. The smallest absolute Gasteiger partial charge is 0.271 e. The minimum Gasteiger partial charge on any atom is -0.453 e. The second-order valence-electron chi connectivity index (χ2n) is 4.09. The summed E-state index contributed by atoms with van der Waals surface area (Å²) in [5.74, 6) is 0.975. The van der Waals surface area contributed by atoms with E-state index < -0.39 is 9.85 Å². The Bertz CT molecular complexity index is 714. The van der Waals surface area contributed by atoms with Crippen molar-refractivity contribution in [2.75, 3.05) is 0 Å². The van der Waals surface area contributed by atoms with Crippen molar-refractivity contribution in [3.05, 3.63) is 58.8 Å². The largest absolute Gasteiger partial charge is 0.453 e.